The summed E-state index contributed by atoms with van der Waals surface area (Å²) in [5, 5.41) is 19.9. The highest BCUT2D eigenvalue weighted by Crippen LogP contribution is 2.57. The number of nitriles is 1. The van der Waals surface area contributed by atoms with Crippen LogP contribution in [0, 0.1) is 35.5 Å². The summed E-state index contributed by atoms with van der Waals surface area (Å²) in [6, 6.07) is 14.9. The normalized spacial score (nSPS) is 25.1. The highest BCUT2D eigenvalue weighted by atomic mass is 16.5. The van der Waals surface area contributed by atoms with E-state index in [1.54, 1.807) is 12.0 Å². The fraction of sp³-hybridized carbons (Fsp3) is 0.485. The van der Waals surface area contributed by atoms with Gasteiger partial charge in [0.15, 0.2) is 0 Å². The van der Waals surface area contributed by atoms with E-state index in [2.05, 4.69) is 47.1 Å². The Morgan fingerprint density at radius 3 is 2.51 bits per heavy atom. The third kappa shape index (κ3) is 5.08. The molecular weight excluding hydrogens is 516 g/mol. The van der Waals surface area contributed by atoms with E-state index in [-0.39, 0.29) is 29.2 Å². The molecule has 2 N–H and O–H groups in total. The number of aryl methyl sites for hydroxylation is 1. The number of benzene rings is 2. The molecule has 3 aromatic rings. The first-order valence-corrected chi connectivity index (χ1v) is 14.7. The third-order valence-electron chi connectivity index (χ3n) is 9.90. The van der Waals surface area contributed by atoms with Gasteiger partial charge in [-0.25, -0.2) is 0 Å². The zero-order valence-corrected chi connectivity index (χ0v) is 23.9. The number of ether oxygens (including phenoxy) is 1. The molecule has 1 aromatic heterocycles. The number of amides is 1. The summed E-state index contributed by atoms with van der Waals surface area (Å²) in [5.74, 6) is -0.117. The molecule has 1 aliphatic carbocycles. The fourth-order valence-corrected chi connectivity index (χ4v) is 7.49. The minimum absolute atomic E-state index is 0.0348. The molecule has 1 saturated carbocycles. The molecule has 1 spiro atoms. The predicted octanol–water partition coefficient (Wildman–Crippen LogP) is 5.68. The van der Waals surface area contributed by atoms with Crippen LogP contribution in [0.5, 0.6) is 5.75 Å². The van der Waals surface area contributed by atoms with Crippen LogP contribution in [0.25, 0.3) is 10.9 Å². The number of nitrogens with zero attached hydrogens (tertiary/aromatic N) is 3. The average molecular weight is 555 g/mol. The van der Waals surface area contributed by atoms with Crippen molar-refractivity contribution in [1.82, 2.24) is 14.8 Å². The van der Waals surface area contributed by atoms with Crippen molar-refractivity contribution < 1.29 is 19.4 Å². The molecule has 2 aromatic carbocycles. The van der Waals surface area contributed by atoms with Crippen molar-refractivity contribution in [1.29, 1.82) is 5.26 Å². The molecule has 0 bridgehead atoms. The maximum Gasteiger partial charge on any atom is 0.306 e. The monoisotopic (exact) mass is 554 g/mol. The number of hydrogen-bond acceptors (Lipinski definition) is 5. The van der Waals surface area contributed by atoms with Crippen molar-refractivity contribution in [2.75, 3.05) is 26.7 Å². The van der Waals surface area contributed by atoms with Crippen molar-refractivity contribution in [3.05, 3.63) is 64.8 Å². The standard InChI is InChI=1S/C33H38N4O4/c1-21-15-29(41-2)27(26-7-11-35-30(21)26)20-37-14-10-33(16-22(17-33)19-34)18-28(37)23-3-5-24(6-4-23)31(38)36-12-8-25(9-13-36)32(39)40/h3-7,11,15,22,25,28,35H,8-10,12-14,16-18,20H2,1-2H3,(H,39,40). The lowest BCUT2D eigenvalue weighted by Crippen LogP contribution is -2.48. The Bertz CT molecular complexity index is 1490. The average Bonchev–Trinajstić information content (AvgIpc) is 3.48. The summed E-state index contributed by atoms with van der Waals surface area (Å²) in [5.41, 5.74) is 5.49. The van der Waals surface area contributed by atoms with Gasteiger partial charge in [-0.15, -0.1) is 0 Å². The lowest BCUT2D eigenvalue weighted by Gasteiger charge is -2.53. The SMILES string of the molecule is COc1cc(C)c2[nH]ccc2c1CN1CCC2(CC(C#N)C2)CC1c1ccc(C(=O)N2CCC(C(=O)O)CC2)cc1. The van der Waals surface area contributed by atoms with Crippen LogP contribution < -0.4 is 4.74 Å². The molecule has 8 heteroatoms. The molecule has 3 fully saturated rings. The number of piperidine rings is 2. The Kier molecular flexibility index (Phi) is 7.25. The highest BCUT2D eigenvalue weighted by Gasteiger charge is 2.49. The van der Waals surface area contributed by atoms with Crippen molar-refractivity contribution >= 4 is 22.8 Å². The number of likely N-dealkylation sites (tertiary alicyclic amines) is 2. The van der Waals surface area contributed by atoms with Crippen LogP contribution in [0.4, 0.5) is 0 Å². The van der Waals surface area contributed by atoms with Gasteiger partial charge in [-0.05, 0) is 92.8 Å². The first-order valence-electron chi connectivity index (χ1n) is 14.7. The number of carboxylic acid groups (broad SMARTS) is 1. The summed E-state index contributed by atoms with van der Waals surface area (Å²) in [7, 11) is 1.73. The summed E-state index contributed by atoms with van der Waals surface area (Å²) in [4.78, 5) is 32.2. The summed E-state index contributed by atoms with van der Waals surface area (Å²) in [6.45, 7) is 4.73. The largest absolute Gasteiger partial charge is 0.496 e. The second-order valence-corrected chi connectivity index (χ2v) is 12.3. The number of aromatic nitrogens is 1. The lowest BCUT2D eigenvalue weighted by molar-refractivity contribution is -0.143. The van der Waals surface area contributed by atoms with Gasteiger partial charge >= 0.3 is 5.97 Å². The number of aromatic amines is 1. The number of hydrogen-bond donors (Lipinski definition) is 2. The molecule has 1 unspecified atom stereocenters. The second-order valence-electron chi connectivity index (χ2n) is 12.3. The molecule has 2 aliphatic heterocycles. The zero-order valence-electron chi connectivity index (χ0n) is 23.9. The van der Waals surface area contributed by atoms with Gasteiger partial charge in [-0.3, -0.25) is 14.5 Å². The van der Waals surface area contributed by atoms with Gasteiger partial charge in [0.05, 0.1) is 19.1 Å². The second kappa shape index (κ2) is 10.9. The zero-order chi connectivity index (χ0) is 28.7. The highest BCUT2D eigenvalue weighted by molar-refractivity contribution is 5.94. The van der Waals surface area contributed by atoms with E-state index in [4.69, 9.17) is 4.74 Å². The summed E-state index contributed by atoms with van der Waals surface area (Å²) < 4.78 is 5.86. The van der Waals surface area contributed by atoms with Crippen LogP contribution in [-0.2, 0) is 11.3 Å². The van der Waals surface area contributed by atoms with Crippen molar-refractivity contribution in [3.63, 3.8) is 0 Å². The van der Waals surface area contributed by atoms with E-state index in [1.165, 1.54) is 16.5 Å². The Morgan fingerprint density at radius 2 is 1.85 bits per heavy atom. The molecule has 41 heavy (non-hydrogen) atoms. The van der Waals surface area contributed by atoms with E-state index in [9.17, 15) is 20.0 Å². The number of carbonyl (C=O) groups excluding carboxylic acids is 1. The molecule has 1 atom stereocenters. The van der Waals surface area contributed by atoms with Crippen LogP contribution in [0.1, 0.15) is 71.6 Å². The first kappa shape index (κ1) is 27.3. The van der Waals surface area contributed by atoms with Gasteiger partial charge in [0.2, 0.25) is 0 Å². The molecule has 2 saturated heterocycles. The van der Waals surface area contributed by atoms with E-state index < -0.39 is 5.97 Å². The van der Waals surface area contributed by atoms with Crippen LogP contribution in [0.3, 0.4) is 0 Å². The fourth-order valence-electron chi connectivity index (χ4n) is 7.49. The maximum atomic E-state index is 13.2. The molecule has 214 valence electrons. The minimum atomic E-state index is -0.774. The van der Waals surface area contributed by atoms with E-state index in [0.717, 1.165) is 55.6 Å². The Labute approximate surface area is 240 Å². The van der Waals surface area contributed by atoms with Crippen LogP contribution >= 0.6 is 0 Å². The number of nitrogens with one attached hydrogen (secondary N) is 1. The van der Waals surface area contributed by atoms with Crippen LogP contribution in [0.15, 0.2) is 42.6 Å². The molecular formula is C33H38N4O4. The topological polar surface area (TPSA) is 110 Å². The number of carboxylic acids is 1. The molecule has 0 radical (unpaired) electrons. The quantitative estimate of drug-likeness (QED) is 0.406. The van der Waals surface area contributed by atoms with Gasteiger partial charge in [0.25, 0.3) is 5.91 Å². The minimum Gasteiger partial charge on any atom is -0.496 e. The van der Waals surface area contributed by atoms with Crippen molar-refractivity contribution in [2.24, 2.45) is 17.3 Å². The molecule has 3 aliphatic rings. The number of fused-ring (bicyclic) bond motifs is 1. The number of carbonyl (C=O) groups is 2. The Balaban J connectivity index is 1.25. The number of rotatable bonds is 6. The molecule has 6 rings (SSSR count). The molecule has 8 nitrogen and oxygen atoms in total. The van der Waals surface area contributed by atoms with Crippen molar-refractivity contribution in [3.8, 4) is 11.8 Å². The Morgan fingerprint density at radius 1 is 1.12 bits per heavy atom. The lowest BCUT2D eigenvalue weighted by atomic mass is 9.56. The first-order chi connectivity index (χ1) is 19.8. The number of methoxy groups -OCH3 is 1. The summed E-state index contributed by atoms with van der Waals surface area (Å²) in [6.07, 6.45) is 6.98. The number of H-pyrrole nitrogens is 1. The van der Waals surface area contributed by atoms with Crippen LogP contribution in [-0.4, -0.2) is 58.5 Å². The third-order valence-corrected chi connectivity index (χ3v) is 9.90. The molecule has 3 heterocycles. The smallest absolute Gasteiger partial charge is 0.306 e. The molecule has 1 amide bonds. The number of aliphatic carboxylic acids is 1. The van der Waals surface area contributed by atoms with Gasteiger partial charge < -0.3 is 19.7 Å². The van der Waals surface area contributed by atoms with Crippen LogP contribution in [0.2, 0.25) is 0 Å². The van der Waals surface area contributed by atoms with Gasteiger partial charge in [-0.1, -0.05) is 12.1 Å². The van der Waals surface area contributed by atoms with Gasteiger partial charge in [0, 0.05) is 59.8 Å². The Hall–Kier alpha value is -3.83. The van der Waals surface area contributed by atoms with E-state index >= 15 is 0 Å². The predicted molar refractivity (Wildman–Crippen MR) is 155 cm³/mol. The van der Waals surface area contributed by atoms with Crippen molar-refractivity contribution in [2.45, 2.75) is 58.0 Å². The van der Waals surface area contributed by atoms with E-state index in [1.807, 2.05) is 18.3 Å². The maximum absolute atomic E-state index is 13.2. The van der Waals surface area contributed by atoms with Gasteiger partial charge in [0.1, 0.15) is 5.75 Å². The summed E-state index contributed by atoms with van der Waals surface area (Å²) >= 11 is 0. The van der Waals surface area contributed by atoms with E-state index in [0.29, 0.717) is 31.5 Å². The van der Waals surface area contributed by atoms with Gasteiger partial charge in [-0.2, -0.15) is 5.26 Å².